The summed E-state index contributed by atoms with van der Waals surface area (Å²) in [5.74, 6) is 0.514. The monoisotopic (exact) mass is 265 g/mol. The number of carbonyl (C=O) groups is 1. The van der Waals surface area contributed by atoms with Crippen LogP contribution < -0.4 is 0 Å². The van der Waals surface area contributed by atoms with Crippen LogP contribution in [-0.4, -0.2) is 24.0 Å². The van der Waals surface area contributed by atoms with E-state index in [1.54, 1.807) is 0 Å². The van der Waals surface area contributed by atoms with Gasteiger partial charge in [0.2, 0.25) is 0 Å². The zero-order chi connectivity index (χ0) is 14.5. The Bertz CT molecular complexity index is 361. The number of benzene rings is 1. The van der Waals surface area contributed by atoms with E-state index in [2.05, 4.69) is 19.0 Å². The number of esters is 1. The molecule has 1 aromatic carbocycles. The minimum absolute atomic E-state index is 0.0730. The Hall–Kier alpha value is -1.84. The molecule has 0 aliphatic heterocycles. The molecule has 0 radical (unpaired) electrons. The van der Waals surface area contributed by atoms with Crippen molar-refractivity contribution in [3.8, 4) is 0 Å². The van der Waals surface area contributed by atoms with Gasteiger partial charge in [-0.3, -0.25) is 4.79 Å². The third-order valence-electron chi connectivity index (χ3n) is 2.24. The van der Waals surface area contributed by atoms with Gasteiger partial charge in [-0.15, -0.1) is 0 Å². The van der Waals surface area contributed by atoms with Crippen LogP contribution in [0, 0.1) is 5.92 Å². The molecule has 0 fully saturated rings. The van der Waals surface area contributed by atoms with Gasteiger partial charge < -0.3 is 9.94 Å². The van der Waals surface area contributed by atoms with Crippen molar-refractivity contribution in [2.24, 2.45) is 11.1 Å². The van der Waals surface area contributed by atoms with Crippen LogP contribution in [0.3, 0.4) is 0 Å². The van der Waals surface area contributed by atoms with Crippen molar-refractivity contribution >= 4 is 12.2 Å². The van der Waals surface area contributed by atoms with Crippen LogP contribution in [0.4, 0.5) is 0 Å². The van der Waals surface area contributed by atoms with Crippen LogP contribution in [0.15, 0.2) is 35.5 Å². The first-order valence-electron chi connectivity index (χ1n) is 6.48. The lowest BCUT2D eigenvalue weighted by Crippen LogP contribution is -2.04. The van der Waals surface area contributed by atoms with Crippen molar-refractivity contribution in [3.05, 3.63) is 35.9 Å². The van der Waals surface area contributed by atoms with E-state index in [-0.39, 0.29) is 5.97 Å². The maximum atomic E-state index is 10.7. The zero-order valence-electron chi connectivity index (χ0n) is 11.9. The number of ether oxygens (including phenoxy) is 1. The molecule has 1 rings (SSSR count). The van der Waals surface area contributed by atoms with E-state index in [0.717, 1.165) is 12.0 Å². The van der Waals surface area contributed by atoms with Crippen LogP contribution in [0.2, 0.25) is 0 Å². The van der Waals surface area contributed by atoms with Crippen molar-refractivity contribution in [3.63, 3.8) is 0 Å². The number of hydrogen-bond acceptors (Lipinski definition) is 4. The van der Waals surface area contributed by atoms with Crippen LogP contribution >= 0.6 is 0 Å². The van der Waals surface area contributed by atoms with Gasteiger partial charge in [0.25, 0.3) is 0 Å². The Labute approximate surface area is 115 Å². The summed E-state index contributed by atoms with van der Waals surface area (Å²) in [6.45, 7) is 6.52. The lowest BCUT2D eigenvalue weighted by atomic mass is 10.1. The molecule has 0 heterocycles. The van der Waals surface area contributed by atoms with Gasteiger partial charge >= 0.3 is 5.97 Å². The normalized spacial score (nSPS) is 10.1. The Balaban J connectivity index is 0.000000342. The molecule has 0 amide bonds. The average molecular weight is 265 g/mol. The van der Waals surface area contributed by atoms with Crippen molar-refractivity contribution < 1.29 is 14.7 Å². The fraction of sp³-hybridized carbons (Fsp3) is 0.467. The second-order valence-corrected chi connectivity index (χ2v) is 4.39. The van der Waals surface area contributed by atoms with Gasteiger partial charge in [-0.2, -0.15) is 0 Å². The van der Waals surface area contributed by atoms with E-state index in [4.69, 9.17) is 9.94 Å². The van der Waals surface area contributed by atoms with Gasteiger partial charge in [0.15, 0.2) is 0 Å². The molecular formula is C15H23NO3. The molecule has 4 nitrogen and oxygen atoms in total. The summed E-state index contributed by atoms with van der Waals surface area (Å²) in [7, 11) is 0. The van der Waals surface area contributed by atoms with Gasteiger partial charge in [0.05, 0.1) is 12.8 Å². The lowest BCUT2D eigenvalue weighted by molar-refractivity contribution is -0.143. The standard InChI is InChI=1S/C8H16O2.C7H7NO/c1-4-10-8(9)6-5-7(2)3;9-8-6-7-4-2-1-3-5-7/h7H,4-6H2,1-3H3;1-6,9H. The number of hydrogen-bond donors (Lipinski definition) is 1. The summed E-state index contributed by atoms with van der Waals surface area (Å²) < 4.78 is 4.75. The Morgan fingerprint density at radius 1 is 1.37 bits per heavy atom. The van der Waals surface area contributed by atoms with Crippen molar-refractivity contribution in [1.29, 1.82) is 0 Å². The topological polar surface area (TPSA) is 58.9 Å². The van der Waals surface area contributed by atoms with Crippen LogP contribution in [-0.2, 0) is 9.53 Å². The summed E-state index contributed by atoms with van der Waals surface area (Å²) in [5.41, 5.74) is 0.903. The second kappa shape index (κ2) is 11.3. The van der Waals surface area contributed by atoms with Crippen molar-refractivity contribution in [1.82, 2.24) is 0 Å². The number of oxime groups is 1. The average Bonchev–Trinajstić information content (AvgIpc) is 2.39. The molecule has 19 heavy (non-hydrogen) atoms. The van der Waals surface area contributed by atoms with Crippen molar-refractivity contribution in [2.45, 2.75) is 33.6 Å². The molecule has 1 N–H and O–H groups in total. The minimum atomic E-state index is -0.0730. The highest BCUT2D eigenvalue weighted by molar-refractivity contribution is 5.78. The quantitative estimate of drug-likeness (QED) is 0.384. The van der Waals surface area contributed by atoms with E-state index in [9.17, 15) is 4.79 Å². The number of carbonyl (C=O) groups excluding carboxylic acids is 1. The molecule has 106 valence electrons. The van der Waals surface area contributed by atoms with Gasteiger partial charge in [-0.25, -0.2) is 0 Å². The Morgan fingerprint density at radius 2 is 2.00 bits per heavy atom. The highest BCUT2D eigenvalue weighted by Gasteiger charge is 2.02. The number of nitrogens with zero attached hydrogens (tertiary/aromatic N) is 1. The summed E-state index contributed by atoms with van der Waals surface area (Å²) >= 11 is 0. The summed E-state index contributed by atoms with van der Waals surface area (Å²) in [6.07, 6.45) is 2.88. The SMILES string of the molecule is CCOC(=O)CCC(C)C.ON=Cc1ccccc1. The zero-order valence-corrected chi connectivity index (χ0v) is 11.9. The molecule has 0 bridgehead atoms. The smallest absolute Gasteiger partial charge is 0.305 e. The van der Waals surface area contributed by atoms with Gasteiger partial charge in [0.1, 0.15) is 0 Å². The maximum Gasteiger partial charge on any atom is 0.305 e. The highest BCUT2D eigenvalue weighted by atomic mass is 16.5. The summed E-state index contributed by atoms with van der Waals surface area (Å²) in [5, 5.41) is 11.0. The first-order chi connectivity index (χ1) is 9.10. The van der Waals surface area contributed by atoms with Crippen LogP contribution in [0.25, 0.3) is 0 Å². The van der Waals surface area contributed by atoms with Gasteiger partial charge in [-0.05, 0) is 24.8 Å². The van der Waals surface area contributed by atoms with Gasteiger partial charge in [0, 0.05) is 6.42 Å². The molecule has 0 spiro atoms. The first kappa shape index (κ1) is 17.2. The molecule has 1 aromatic rings. The van der Waals surface area contributed by atoms with E-state index >= 15 is 0 Å². The molecule has 0 saturated heterocycles. The minimum Gasteiger partial charge on any atom is -0.466 e. The van der Waals surface area contributed by atoms with E-state index in [1.165, 1.54) is 6.21 Å². The third-order valence-corrected chi connectivity index (χ3v) is 2.24. The Kier molecular flexibility index (Phi) is 10.2. The summed E-state index contributed by atoms with van der Waals surface area (Å²) in [6, 6.07) is 9.40. The molecule has 0 aliphatic carbocycles. The molecule has 0 unspecified atom stereocenters. The predicted molar refractivity (Wildman–Crippen MR) is 76.5 cm³/mol. The van der Waals surface area contributed by atoms with Crippen LogP contribution in [0.5, 0.6) is 0 Å². The van der Waals surface area contributed by atoms with E-state index in [1.807, 2.05) is 37.3 Å². The van der Waals surface area contributed by atoms with E-state index < -0.39 is 0 Å². The third kappa shape index (κ3) is 11.0. The fourth-order valence-corrected chi connectivity index (χ4v) is 1.25. The predicted octanol–water partition coefficient (Wildman–Crippen LogP) is 3.48. The fourth-order valence-electron chi connectivity index (χ4n) is 1.25. The number of rotatable bonds is 5. The largest absolute Gasteiger partial charge is 0.466 e. The second-order valence-electron chi connectivity index (χ2n) is 4.39. The maximum absolute atomic E-state index is 10.7. The lowest BCUT2D eigenvalue weighted by Gasteiger charge is -2.03. The van der Waals surface area contributed by atoms with Gasteiger partial charge in [-0.1, -0.05) is 49.3 Å². The molecular weight excluding hydrogens is 242 g/mol. The molecule has 0 saturated carbocycles. The first-order valence-corrected chi connectivity index (χ1v) is 6.48. The Morgan fingerprint density at radius 3 is 2.47 bits per heavy atom. The van der Waals surface area contributed by atoms with E-state index in [0.29, 0.717) is 18.9 Å². The highest BCUT2D eigenvalue weighted by Crippen LogP contribution is 2.03. The summed E-state index contributed by atoms with van der Waals surface area (Å²) in [4.78, 5) is 10.7. The molecule has 4 heteroatoms. The van der Waals surface area contributed by atoms with Crippen molar-refractivity contribution in [2.75, 3.05) is 6.61 Å². The molecule has 0 aromatic heterocycles. The van der Waals surface area contributed by atoms with Crippen LogP contribution in [0.1, 0.15) is 39.2 Å². The molecule has 0 atom stereocenters. The molecule has 0 aliphatic rings.